The Labute approximate surface area is 188 Å². The van der Waals surface area contributed by atoms with E-state index in [9.17, 15) is 9.59 Å². The number of hydrazine groups is 1. The maximum absolute atomic E-state index is 12.2. The van der Waals surface area contributed by atoms with E-state index in [0.717, 1.165) is 47.4 Å². The van der Waals surface area contributed by atoms with E-state index in [0.29, 0.717) is 5.75 Å². The van der Waals surface area contributed by atoms with Gasteiger partial charge in [-0.3, -0.25) is 25.3 Å². The Hall–Kier alpha value is -2.91. The van der Waals surface area contributed by atoms with Gasteiger partial charge in [-0.25, -0.2) is 4.98 Å². The minimum Gasteiger partial charge on any atom is -0.484 e. The molecule has 31 heavy (non-hydrogen) atoms. The van der Waals surface area contributed by atoms with Crippen LogP contribution in [0.5, 0.6) is 5.75 Å². The van der Waals surface area contributed by atoms with Gasteiger partial charge in [0.1, 0.15) is 11.3 Å². The number of carbonyl (C=O) groups is 2. The fourth-order valence-electron chi connectivity index (χ4n) is 3.50. The van der Waals surface area contributed by atoms with Gasteiger partial charge in [0.15, 0.2) is 18.1 Å². The molecule has 2 amide bonds. The summed E-state index contributed by atoms with van der Waals surface area (Å²) in [6.07, 6.45) is 1.74. The second-order valence-electron chi connectivity index (χ2n) is 7.41. The van der Waals surface area contributed by atoms with Gasteiger partial charge in [0.25, 0.3) is 11.8 Å². The Bertz CT molecular complexity index is 1010. The van der Waals surface area contributed by atoms with Crippen LogP contribution in [0.4, 0.5) is 0 Å². The molecule has 9 heteroatoms. The Morgan fingerprint density at radius 3 is 2.52 bits per heavy atom. The van der Waals surface area contributed by atoms with Crippen LogP contribution in [0.15, 0.2) is 57.4 Å². The second-order valence-corrected chi connectivity index (χ2v) is 8.32. The number of likely N-dealkylation sites (tertiary alicyclic amines) is 1. The lowest BCUT2D eigenvalue weighted by molar-refractivity contribution is -0.130. The highest BCUT2D eigenvalue weighted by Gasteiger charge is 2.25. The molecular formula is C22H23BrN4O4. The molecule has 1 saturated heterocycles. The van der Waals surface area contributed by atoms with Crippen molar-refractivity contribution in [2.45, 2.75) is 18.8 Å². The Morgan fingerprint density at radius 2 is 1.77 bits per heavy atom. The molecule has 0 spiro atoms. The zero-order valence-electron chi connectivity index (χ0n) is 16.8. The van der Waals surface area contributed by atoms with Crippen LogP contribution in [-0.2, 0) is 9.59 Å². The first-order valence-corrected chi connectivity index (χ1v) is 10.9. The van der Waals surface area contributed by atoms with E-state index in [1.807, 2.05) is 36.4 Å². The molecule has 2 heterocycles. The number of nitrogens with one attached hydrogen (secondary N) is 2. The summed E-state index contributed by atoms with van der Waals surface area (Å²) < 4.78 is 12.2. The van der Waals surface area contributed by atoms with Crippen LogP contribution in [0.2, 0.25) is 0 Å². The summed E-state index contributed by atoms with van der Waals surface area (Å²) in [5.74, 6) is 0.903. The maximum Gasteiger partial charge on any atom is 0.276 e. The van der Waals surface area contributed by atoms with Gasteiger partial charge in [0, 0.05) is 10.4 Å². The van der Waals surface area contributed by atoms with Gasteiger partial charge in [-0.05, 0) is 62.3 Å². The third-order valence-corrected chi connectivity index (χ3v) is 5.67. The largest absolute Gasteiger partial charge is 0.484 e. The molecule has 0 aliphatic carbocycles. The monoisotopic (exact) mass is 486 g/mol. The number of carbonyl (C=O) groups excluding carboxylic acids is 2. The van der Waals surface area contributed by atoms with Crippen LogP contribution in [0.3, 0.4) is 0 Å². The van der Waals surface area contributed by atoms with Gasteiger partial charge in [-0.1, -0.05) is 28.1 Å². The zero-order valence-corrected chi connectivity index (χ0v) is 18.4. The highest BCUT2D eigenvalue weighted by Crippen LogP contribution is 2.29. The summed E-state index contributed by atoms with van der Waals surface area (Å²) in [5, 5.41) is 0. The van der Waals surface area contributed by atoms with E-state index in [1.54, 1.807) is 12.1 Å². The average Bonchev–Trinajstić information content (AvgIpc) is 3.22. The quantitative estimate of drug-likeness (QED) is 0.519. The lowest BCUT2D eigenvalue weighted by Crippen LogP contribution is -2.48. The number of oxazole rings is 1. The van der Waals surface area contributed by atoms with E-state index in [2.05, 4.69) is 36.7 Å². The number of hydrogen-bond donors (Lipinski definition) is 2. The van der Waals surface area contributed by atoms with Crippen molar-refractivity contribution in [1.82, 2.24) is 20.7 Å². The standard InChI is InChI=1S/C22H23BrN4O4/c23-16-5-7-17(8-6-16)30-14-21(29)26-25-20(28)13-27-11-9-15(10-12-27)22-24-18-3-1-2-4-19(18)31-22/h1-8,15H,9-14H2,(H,25,28)(H,26,29). The number of benzene rings is 2. The fourth-order valence-corrected chi connectivity index (χ4v) is 3.76. The van der Waals surface area contributed by atoms with Crippen molar-refractivity contribution in [2.24, 2.45) is 0 Å². The molecule has 4 rings (SSSR count). The summed E-state index contributed by atoms with van der Waals surface area (Å²) in [7, 11) is 0. The first-order valence-electron chi connectivity index (χ1n) is 10.1. The summed E-state index contributed by atoms with van der Waals surface area (Å²) in [6, 6.07) is 14.9. The number of halogens is 1. The van der Waals surface area contributed by atoms with Crippen molar-refractivity contribution in [1.29, 1.82) is 0 Å². The van der Waals surface area contributed by atoms with E-state index in [-0.39, 0.29) is 25.0 Å². The summed E-state index contributed by atoms with van der Waals surface area (Å²) >= 11 is 3.34. The minimum atomic E-state index is -0.425. The first-order chi connectivity index (χ1) is 15.1. The predicted molar refractivity (Wildman–Crippen MR) is 118 cm³/mol. The Morgan fingerprint density at radius 1 is 1.06 bits per heavy atom. The molecule has 8 nitrogen and oxygen atoms in total. The molecule has 2 N–H and O–H groups in total. The summed E-state index contributed by atoms with van der Waals surface area (Å²) in [4.78, 5) is 30.7. The summed E-state index contributed by atoms with van der Waals surface area (Å²) in [6.45, 7) is 1.56. The van der Waals surface area contributed by atoms with E-state index in [1.165, 1.54) is 0 Å². The van der Waals surface area contributed by atoms with Crippen molar-refractivity contribution >= 4 is 38.8 Å². The van der Waals surface area contributed by atoms with E-state index in [4.69, 9.17) is 9.15 Å². The van der Waals surface area contributed by atoms with Gasteiger partial charge >= 0.3 is 0 Å². The number of piperidine rings is 1. The highest BCUT2D eigenvalue weighted by atomic mass is 79.9. The fraction of sp³-hybridized carbons (Fsp3) is 0.318. The van der Waals surface area contributed by atoms with Crippen LogP contribution in [-0.4, -0.2) is 47.9 Å². The van der Waals surface area contributed by atoms with E-state index < -0.39 is 5.91 Å². The number of fused-ring (bicyclic) bond motifs is 1. The zero-order chi connectivity index (χ0) is 21.6. The summed E-state index contributed by atoms with van der Waals surface area (Å²) in [5.41, 5.74) is 6.50. The van der Waals surface area contributed by atoms with Gasteiger partial charge in [0.2, 0.25) is 0 Å². The second kappa shape index (κ2) is 9.93. The molecule has 2 aromatic carbocycles. The first kappa shape index (κ1) is 21.3. The third-order valence-electron chi connectivity index (χ3n) is 5.14. The molecule has 0 atom stereocenters. The molecule has 0 radical (unpaired) electrons. The molecule has 1 aliphatic heterocycles. The number of rotatable bonds is 6. The average molecular weight is 487 g/mol. The molecule has 162 valence electrons. The molecular weight excluding hydrogens is 464 g/mol. The number of nitrogens with zero attached hydrogens (tertiary/aromatic N) is 2. The number of amides is 2. The minimum absolute atomic E-state index is 0.183. The highest BCUT2D eigenvalue weighted by molar-refractivity contribution is 9.10. The lowest BCUT2D eigenvalue weighted by Gasteiger charge is -2.29. The molecule has 0 unspecified atom stereocenters. The predicted octanol–water partition coefficient (Wildman–Crippen LogP) is 3.00. The molecule has 3 aromatic rings. The normalized spacial score (nSPS) is 15.0. The van der Waals surface area contributed by atoms with Crippen LogP contribution in [0.25, 0.3) is 11.1 Å². The number of para-hydroxylation sites is 2. The Kier molecular flexibility index (Phi) is 6.83. The van der Waals surface area contributed by atoms with Crippen molar-refractivity contribution in [3.05, 3.63) is 58.9 Å². The Balaban J connectivity index is 1.16. The molecule has 0 saturated carbocycles. The van der Waals surface area contributed by atoms with Crippen molar-refractivity contribution in [3.8, 4) is 5.75 Å². The number of hydrogen-bond acceptors (Lipinski definition) is 6. The van der Waals surface area contributed by atoms with Crippen molar-refractivity contribution in [3.63, 3.8) is 0 Å². The van der Waals surface area contributed by atoms with Crippen LogP contribution in [0, 0.1) is 0 Å². The van der Waals surface area contributed by atoms with Gasteiger partial charge in [0.05, 0.1) is 6.54 Å². The molecule has 1 fully saturated rings. The van der Waals surface area contributed by atoms with Crippen LogP contribution < -0.4 is 15.6 Å². The SMILES string of the molecule is O=C(COc1ccc(Br)cc1)NNC(=O)CN1CCC(c2nc3ccccc3o2)CC1. The van der Waals surface area contributed by atoms with Crippen molar-refractivity contribution in [2.75, 3.05) is 26.2 Å². The van der Waals surface area contributed by atoms with E-state index >= 15 is 0 Å². The topological polar surface area (TPSA) is 96.7 Å². The van der Waals surface area contributed by atoms with Gasteiger partial charge in [-0.2, -0.15) is 0 Å². The number of ether oxygens (including phenoxy) is 1. The van der Waals surface area contributed by atoms with Gasteiger partial charge < -0.3 is 9.15 Å². The van der Waals surface area contributed by atoms with Gasteiger partial charge in [-0.15, -0.1) is 0 Å². The third kappa shape index (κ3) is 5.83. The van der Waals surface area contributed by atoms with Crippen LogP contribution >= 0.6 is 15.9 Å². The van der Waals surface area contributed by atoms with Crippen LogP contribution in [0.1, 0.15) is 24.7 Å². The number of aromatic nitrogens is 1. The molecule has 1 aliphatic rings. The smallest absolute Gasteiger partial charge is 0.276 e. The molecule has 1 aromatic heterocycles. The maximum atomic E-state index is 12.2. The molecule has 0 bridgehead atoms. The lowest BCUT2D eigenvalue weighted by atomic mass is 9.97. The van der Waals surface area contributed by atoms with Crippen molar-refractivity contribution < 1.29 is 18.7 Å².